The van der Waals surface area contributed by atoms with E-state index in [4.69, 9.17) is 4.74 Å². The Balaban J connectivity index is 1.26. The van der Waals surface area contributed by atoms with Crippen molar-refractivity contribution in [2.45, 2.75) is 43.7 Å². The highest BCUT2D eigenvalue weighted by Crippen LogP contribution is 2.32. The van der Waals surface area contributed by atoms with Gasteiger partial charge in [0.2, 0.25) is 0 Å². The molecule has 6 nitrogen and oxygen atoms in total. The summed E-state index contributed by atoms with van der Waals surface area (Å²) < 4.78 is 44.2. The van der Waals surface area contributed by atoms with Crippen molar-refractivity contribution in [3.63, 3.8) is 0 Å². The van der Waals surface area contributed by atoms with Crippen molar-refractivity contribution in [1.29, 1.82) is 0 Å². The van der Waals surface area contributed by atoms with E-state index in [1.807, 2.05) is 24.3 Å². The number of rotatable bonds is 4. The summed E-state index contributed by atoms with van der Waals surface area (Å²) in [7, 11) is 0. The van der Waals surface area contributed by atoms with Gasteiger partial charge < -0.3 is 10.1 Å². The van der Waals surface area contributed by atoms with Crippen LogP contribution in [-0.2, 0) is 17.5 Å². The van der Waals surface area contributed by atoms with E-state index in [1.165, 1.54) is 12.1 Å². The lowest BCUT2D eigenvalue weighted by atomic mass is 9.89. The molecule has 3 heterocycles. The van der Waals surface area contributed by atoms with Crippen LogP contribution >= 0.6 is 0 Å². The average molecular weight is 444 g/mol. The molecule has 0 radical (unpaired) electrons. The molecule has 1 aromatic heterocycles. The number of nitrogens with one attached hydrogen (secondary N) is 2. The van der Waals surface area contributed by atoms with E-state index in [0.29, 0.717) is 38.3 Å². The van der Waals surface area contributed by atoms with Gasteiger partial charge in [-0.2, -0.15) is 18.3 Å². The second kappa shape index (κ2) is 8.22. The molecule has 0 saturated carbocycles. The number of amides is 1. The second-order valence-electron chi connectivity index (χ2n) is 8.47. The number of fused-ring (bicyclic) bond motifs is 3. The summed E-state index contributed by atoms with van der Waals surface area (Å²) in [5.74, 6) is -0.206. The first kappa shape index (κ1) is 21.0. The molecule has 2 unspecified atom stereocenters. The molecule has 2 atom stereocenters. The Bertz CT molecular complexity index is 1100. The summed E-state index contributed by atoms with van der Waals surface area (Å²) >= 11 is 0. The minimum atomic E-state index is -4.33. The number of hydrogen-bond acceptors (Lipinski definition) is 4. The van der Waals surface area contributed by atoms with Crippen molar-refractivity contribution in [2.24, 2.45) is 0 Å². The van der Waals surface area contributed by atoms with Crippen molar-refractivity contribution >= 4 is 16.8 Å². The predicted molar refractivity (Wildman–Crippen MR) is 112 cm³/mol. The van der Waals surface area contributed by atoms with Gasteiger partial charge in [0.05, 0.1) is 24.3 Å². The number of ether oxygens (including phenoxy) is 1. The molecule has 32 heavy (non-hydrogen) atoms. The van der Waals surface area contributed by atoms with E-state index >= 15 is 0 Å². The lowest BCUT2D eigenvalue weighted by Crippen LogP contribution is -2.60. The van der Waals surface area contributed by atoms with E-state index in [0.717, 1.165) is 28.6 Å². The summed E-state index contributed by atoms with van der Waals surface area (Å²) in [6.45, 7) is 1.63. The van der Waals surface area contributed by atoms with Crippen LogP contribution in [0.1, 0.15) is 34.5 Å². The van der Waals surface area contributed by atoms with E-state index < -0.39 is 11.7 Å². The van der Waals surface area contributed by atoms with Crippen molar-refractivity contribution in [3.05, 3.63) is 65.4 Å². The highest BCUT2D eigenvalue weighted by molar-refractivity contribution is 6.04. The van der Waals surface area contributed by atoms with Gasteiger partial charge in [-0.3, -0.25) is 14.8 Å². The molecule has 5 rings (SSSR count). The Morgan fingerprint density at radius 1 is 1.09 bits per heavy atom. The van der Waals surface area contributed by atoms with Gasteiger partial charge >= 0.3 is 6.18 Å². The Morgan fingerprint density at radius 3 is 2.47 bits per heavy atom. The maximum Gasteiger partial charge on any atom is 0.416 e. The van der Waals surface area contributed by atoms with E-state index in [9.17, 15) is 18.0 Å². The topological polar surface area (TPSA) is 70.2 Å². The number of morpholine rings is 1. The number of benzene rings is 2. The molecule has 2 saturated heterocycles. The molecule has 2 aromatic carbocycles. The Labute approximate surface area is 182 Å². The van der Waals surface area contributed by atoms with Gasteiger partial charge in [-0.1, -0.05) is 30.3 Å². The fourth-order valence-corrected chi connectivity index (χ4v) is 4.77. The van der Waals surface area contributed by atoms with Gasteiger partial charge in [-0.25, -0.2) is 0 Å². The number of halogens is 3. The molecule has 2 N–H and O–H groups in total. The highest BCUT2D eigenvalue weighted by atomic mass is 19.4. The van der Waals surface area contributed by atoms with Crippen LogP contribution in [0, 0.1) is 0 Å². The van der Waals surface area contributed by atoms with Crippen LogP contribution in [-0.4, -0.2) is 52.3 Å². The summed E-state index contributed by atoms with van der Waals surface area (Å²) in [5.41, 5.74) is 1.39. The van der Waals surface area contributed by atoms with Crippen molar-refractivity contribution in [2.75, 3.05) is 13.2 Å². The number of H-pyrrole nitrogens is 1. The number of aromatic amines is 1. The number of aromatic nitrogens is 2. The molecule has 0 aliphatic carbocycles. The standard InChI is InChI=1S/C23H23F3N4O2/c24-23(25,26)15-7-5-14(6-8-15)11-30-17-9-16(10-18(30)13-32-12-17)27-22(31)21-19-3-1-2-4-20(19)28-29-21/h1-8,16-18H,9-13H2,(H,27,31)(H,28,29). The average Bonchev–Trinajstić information content (AvgIpc) is 3.18. The number of hydrogen-bond donors (Lipinski definition) is 2. The van der Waals surface area contributed by atoms with Gasteiger partial charge in [0, 0.05) is 30.1 Å². The summed E-state index contributed by atoms with van der Waals surface area (Å²) in [6, 6.07) is 13.0. The molecule has 2 aliphatic rings. The van der Waals surface area contributed by atoms with Crippen molar-refractivity contribution < 1.29 is 22.7 Å². The first-order valence-electron chi connectivity index (χ1n) is 10.6. The van der Waals surface area contributed by atoms with Crippen molar-refractivity contribution in [1.82, 2.24) is 20.4 Å². The lowest BCUT2D eigenvalue weighted by molar-refractivity contribution is -0.137. The van der Waals surface area contributed by atoms with Crippen LogP contribution in [0.4, 0.5) is 13.2 Å². The number of alkyl halides is 3. The van der Waals surface area contributed by atoms with Gasteiger partial charge in [-0.15, -0.1) is 0 Å². The maximum atomic E-state index is 12.9. The summed E-state index contributed by atoms with van der Waals surface area (Å²) in [6.07, 6.45) is -2.91. The molecule has 168 valence electrons. The molecule has 1 amide bonds. The second-order valence-corrected chi connectivity index (χ2v) is 8.47. The van der Waals surface area contributed by atoms with Crippen LogP contribution in [0.5, 0.6) is 0 Å². The number of piperidine rings is 1. The largest absolute Gasteiger partial charge is 0.416 e. The first-order chi connectivity index (χ1) is 15.4. The Morgan fingerprint density at radius 2 is 1.78 bits per heavy atom. The molecule has 2 fully saturated rings. The zero-order chi connectivity index (χ0) is 22.3. The SMILES string of the molecule is O=C(NC1CC2COCC(C1)N2Cc1ccc(C(F)(F)F)cc1)c1n[nH]c2ccccc12. The third kappa shape index (κ3) is 4.10. The fraction of sp³-hybridized carbons (Fsp3) is 0.391. The molecule has 2 bridgehead atoms. The molecular weight excluding hydrogens is 421 g/mol. The highest BCUT2D eigenvalue weighted by Gasteiger charge is 2.40. The summed E-state index contributed by atoms with van der Waals surface area (Å²) in [4.78, 5) is 15.2. The minimum absolute atomic E-state index is 0.0132. The maximum absolute atomic E-state index is 12.9. The van der Waals surface area contributed by atoms with E-state index in [-0.39, 0.29) is 24.0 Å². The molecular formula is C23H23F3N4O2. The van der Waals surface area contributed by atoms with Gasteiger partial charge in [0.25, 0.3) is 5.91 Å². The quantitative estimate of drug-likeness (QED) is 0.643. The zero-order valence-electron chi connectivity index (χ0n) is 17.2. The van der Waals surface area contributed by atoms with Gasteiger partial charge in [0.1, 0.15) is 0 Å². The number of carbonyl (C=O) groups excluding carboxylic acids is 1. The van der Waals surface area contributed by atoms with E-state index in [1.54, 1.807) is 0 Å². The van der Waals surface area contributed by atoms with Gasteiger partial charge in [-0.05, 0) is 36.6 Å². The third-order valence-corrected chi connectivity index (χ3v) is 6.34. The van der Waals surface area contributed by atoms with Crippen LogP contribution in [0.25, 0.3) is 10.9 Å². The normalized spacial score (nSPS) is 23.9. The zero-order valence-corrected chi connectivity index (χ0v) is 17.2. The van der Waals surface area contributed by atoms with Crippen LogP contribution < -0.4 is 5.32 Å². The number of para-hydroxylation sites is 1. The first-order valence-corrected chi connectivity index (χ1v) is 10.6. The van der Waals surface area contributed by atoms with E-state index in [2.05, 4.69) is 20.4 Å². The predicted octanol–water partition coefficient (Wildman–Crippen LogP) is 3.74. The number of carbonyl (C=O) groups is 1. The van der Waals surface area contributed by atoms with Crippen LogP contribution in [0.2, 0.25) is 0 Å². The molecule has 0 spiro atoms. The summed E-state index contributed by atoms with van der Waals surface area (Å²) in [5, 5.41) is 11.0. The van der Waals surface area contributed by atoms with Crippen LogP contribution in [0.15, 0.2) is 48.5 Å². The van der Waals surface area contributed by atoms with Gasteiger partial charge in [0.15, 0.2) is 5.69 Å². The van der Waals surface area contributed by atoms with Crippen LogP contribution in [0.3, 0.4) is 0 Å². The molecule has 9 heteroatoms. The third-order valence-electron chi connectivity index (χ3n) is 6.34. The smallest absolute Gasteiger partial charge is 0.378 e. The monoisotopic (exact) mass is 444 g/mol. The van der Waals surface area contributed by atoms with Crippen molar-refractivity contribution in [3.8, 4) is 0 Å². The number of nitrogens with zero attached hydrogens (tertiary/aromatic N) is 2. The lowest BCUT2D eigenvalue weighted by Gasteiger charge is -2.48. The fourth-order valence-electron chi connectivity index (χ4n) is 4.77. The molecule has 2 aliphatic heterocycles. The Hall–Kier alpha value is -2.91. The minimum Gasteiger partial charge on any atom is -0.378 e. The molecule has 3 aromatic rings. The Kier molecular flexibility index (Phi) is 5.38.